The summed E-state index contributed by atoms with van der Waals surface area (Å²) in [5, 5.41) is 1.84. The molecule has 1 aliphatic heterocycles. The molecule has 2 aromatic rings. The summed E-state index contributed by atoms with van der Waals surface area (Å²) in [6.07, 6.45) is 1.79. The van der Waals surface area contributed by atoms with Crippen LogP contribution in [0.1, 0.15) is 66.8 Å². The maximum absolute atomic E-state index is 12.8. The van der Waals surface area contributed by atoms with Crippen molar-refractivity contribution in [1.82, 2.24) is 4.90 Å². The SMILES string of the molecule is CCCCN1C(=O)c2cccc3c(C(C)(C)C)ccc(c23)C1=O. The van der Waals surface area contributed by atoms with E-state index in [1.165, 1.54) is 10.5 Å². The van der Waals surface area contributed by atoms with Crippen LogP contribution >= 0.6 is 0 Å². The zero-order chi connectivity index (χ0) is 16.8. The summed E-state index contributed by atoms with van der Waals surface area (Å²) < 4.78 is 0. The average molecular weight is 309 g/mol. The van der Waals surface area contributed by atoms with E-state index in [0.29, 0.717) is 17.7 Å². The van der Waals surface area contributed by atoms with Gasteiger partial charge in [-0.3, -0.25) is 14.5 Å². The van der Waals surface area contributed by atoms with Crippen molar-refractivity contribution >= 4 is 22.6 Å². The van der Waals surface area contributed by atoms with E-state index in [-0.39, 0.29) is 17.2 Å². The fraction of sp³-hybridized carbons (Fsp3) is 0.400. The number of hydrogen-bond acceptors (Lipinski definition) is 2. The van der Waals surface area contributed by atoms with Crippen molar-refractivity contribution in [1.29, 1.82) is 0 Å². The highest BCUT2D eigenvalue weighted by molar-refractivity contribution is 6.25. The minimum atomic E-state index is -0.160. The molecule has 2 aromatic carbocycles. The minimum absolute atomic E-state index is 0.0391. The van der Waals surface area contributed by atoms with Gasteiger partial charge in [0.2, 0.25) is 0 Å². The van der Waals surface area contributed by atoms with Crippen LogP contribution in [0.4, 0.5) is 0 Å². The fourth-order valence-electron chi connectivity index (χ4n) is 3.32. The van der Waals surface area contributed by atoms with Crippen LogP contribution in [0, 0.1) is 0 Å². The molecule has 3 nitrogen and oxygen atoms in total. The Balaban J connectivity index is 2.25. The van der Waals surface area contributed by atoms with E-state index >= 15 is 0 Å². The Kier molecular flexibility index (Phi) is 3.75. The van der Waals surface area contributed by atoms with E-state index in [1.807, 2.05) is 30.3 Å². The first kappa shape index (κ1) is 15.7. The third-order valence-corrected chi connectivity index (χ3v) is 4.54. The lowest BCUT2D eigenvalue weighted by Crippen LogP contribution is -2.41. The van der Waals surface area contributed by atoms with Crippen molar-refractivity contribution in [2.45, 2.75) is 46.0 Å². The standard InChI is InChI=1S/C20H23NO2/c1-5-6-12-21-18(22)14-9-7-8-13-16(20(2,3)4)11-10-15(17(13)14)19(21)23/h7-11H,5-6,12H2,1-4H3. The van der Waals surface area contributed by atoms with Crippen molar-refractivity contribution in [3.63, 3.8) is 0 Å². The summed E-state index contributed by atoms with van der Waals surface area (Å²) in [6.45, 7) is 9.00. The number of amides is 2. The summed E-state index contributed by atoms with van der Waals surface area (Å²) in [4.78, 5) is 27.0. The van der Waals surface area contributed by atoms with Crippen LogP contribution in [0.3, 0.4) is 0 Å². The first-order chi connectivity index (χ1) is 10.9. The number of rotatable bonds is 3. The van der Waals surface area contributed by atoms with Crippen LogP contribution in [0.5, 0.6) is 0 Å². The van der Waals surface area contributed by atoms with Gasteiger partial charge in [-0.15, -0.1) is 0 Å². The van der Waals surface area contributed by atoms with Crippen molar-refractivity contribution in [3.05, 3.63) is 47.0 Å². The normalized spacial score (nSPS) is 14.7. The Morgan fingerprint density at radius 2 is 1.61 bits per heavy atom. The molecule has 3 rings (SSSR count). The van der Waals surface area contributed by atoms with Crippen LogP contribution in [-0.2, 0) is 5.41 Å². The number of carbonyl (C=O) groups is 2. The average Bonchev–Trinajstić information content (AvgIpc) is 2.51. The molecule has 0 saturated carbocycles. The zero-order valence-corrected chi connectivity index (χ0v) is 14.3. The molecule has 2 amide bonds. The first-order valence-electron chi connectivity index (χ1n) is 8.28. The van der Waals surface area contributed by atoms with Gasteiger partial charge in [-0.1, -0.05) is 52.3 Å². The number of unbranched alkanes of at least 4 members (excludes halogenated alkanes) is 1. The molecular formula is C20H23NO2. The minimum Gasteiger partial charge on any atom is -0.274 e. The molecule has 0 N–H and O–H groups in total. The molecule has 0 atom stereocenters. The van der Waals surface area contributed by atoms with Gasteiger partial charge in [-0.25, -0.2) is 0 Å². The molecule has 0 radical (unpaired) electrons. The lowest BCUT2D eigenvalue weighted by molar-refractivity contribution is 0.0608. The number of benzene rings is 2. The Labute approximate surface area is 137 Å². The second-order valence-electron chi connectivity index (χ2n) is 7.25. The highest BCUT2D eigenvalue weighted by atomic mass is 16.2. The molecular weight excluding hydrogens is 286 g/mol. The van der Waals surface area contributed by atoms with Gasteiger partial charge in [0, 0.05) is 23.1 Å². The Morgan fingerprint density at radius 1 is 0.957 bits per heavy atom. The molecule has 0 spiro atoms. The van der Waals surface area contributed by atoms with Gasteiger partial charge in [0.25, 0.3) is 11.8 Å². The van der Waals surface area contributed by atoms with Gasteiger partial charge in [0.05, 0.1) is 0 Å². The van der Waals surface area contributed by atoms with Crippen molar-refractivity contribution in [3.8, 4) is 0 Å². The Hall–Kier alpha value is -2.16. The topological polar surface area (TPSA) is 37.4 Å². The maximum atomic E-state index is 12.8. The molecule has 0 bridgehead atoms. The van der Waals surface area contributed by atoms with Crippen LogP contribution < -0.4 is 0 Å². The van der Waals surface area contributed by atoms with Gasteiger partial charge >= 0.3 is 0 Å². The predicted octanol–water partition coefficient (Wildman–Crippen LogP) is 4.53. The van der Waals surface area contributed by atoms with Crippen molar-refractivity contribution in [2.75, 3.05) is 6.54 Å². The summed E-state index contributed by atoms with van der Waals surface area (Å²) >= 11 is 0. The predicted molar refractivity (Wildman–Crippen MR) is 92.9 cm³/mol. The van der Waals surface area contributed by atoms with Gasteiger partial charge < -0.3 is 0 Å². The van der Waals surface area contributed by atoms with E-state index in [0.717, 1.165) is 23.6 Å². The van der Waals surface area contributed by atoms with E-state index < -0.39 is 0 Å². The number of nitrogens with zero attached hydrogens (tertiary/aromatic N) is 1. The summed E-state index contributed by atoms with van der Waals surface area (Å²) in [5.74, 6) is -0.319. The third kappa shape index (κ3) is 2.44. The molecule has 3 heteroatoms. The smallest absolute Gasteiger partial charge is 0.261 e. The molecule has 23 heavy (non-hydrogen) atoms. The van der Waals surface area contributed by atoms with Crippen molar-refractivity contribution < 1.29 is 9.59 Å². The highest BCUT2D eigenvalue weighted by Crippen LogP contribution is 2.36. The van der Waals surface area contributed by atoms with E-state index in [2.05, 4.69) is 27.7 Å². The summed E-state index contributed by atoms with van der Waals surface area (Å²) in [7, 11) is 0. The molecule has 120 valence electrons. The van der Waals surface area contributed by atoms with E-state index in [9.17, 15) is 9.59 Å². The molecule has 0 fully saturated rings. The second kappa shape index (κ2) is 5.48. The van der Waals surface area contributed by atoms with Crippen LogP contribution in [-0.4, -0.2) is 23.3 Å². The Morgan fingerprint density at radius 3 is 2.22 bits per heavy atom. The number of carbonyl (C=O) groups excluding carboxylic acids is 2. The van der Waals surface area contributed by atoms with Gasteiger partial charge in [0.1, 0.15) is 0 Å². The quantitative estimate of drug-likeness (QED) is 0.781. The molecule has 0 aliphatic carbocycles. The Bertz CT molecular complexity index is 777. The highest BCUT2D eigenvalue weighted by Gasteiger charge is 2.33. The molecule has 0 unspecified atom stereocenters. The van der Waals surface area contributed by atoms with Crippen LogP contribution in [0.15, 0.2) is 30.3 Å². The van der Waals surface area contributed by atoms with Gasteiger partial charge in [0.15, 0.2) is 0 Å². The maximum Gasteiger partial charge on any atom is 0.261 e. The van der Waals surface area contributed by atoms with E-state index in [4.69, 9.17) is 0 Å². The second-order valence-corrected chi connectivity index (χ2v) is 7.25. The summed E-state index contributed by atoms with van der Waals surface area (Å²) in [6, 6.07) is 9.70. The summed E-state index contributed by atoms with van der Waals surface area (Å²) in [5.41, 5.74) is 2.43. The largest absolute Gasteiger partial charge is 0.274 e. The monoisotopic (exact) mass is 309 g/mol. The molecule has 1 heterocycles. The number of hydrogen-bond donors (Lipinski definition) is 0. The molecule has 0 aromatic heterocycles. The molecule has 0 saturated heterocycles. The number of imide groups is 1. The lowest BCUT2D eigenvalue weighted by Gasteiger charge is -2.29. The first-order valence-corrected chi connectivity index (χ1v) is 8.28. The van der Waals surface area contributed by atoms with Gasteiger partial charge in [-0.05, 0) is 34.9 Å². The fourth-order valence-corrected chi connectivity index (χ4v) is 3.32. The van der Waals surface area contributed by atoms with Gasteiger partial charge in [-0.2, -0.15) is 0 Å². The van der Waals surface area contributed by atoms with E-state index in [1.54, 1.807) is 0 Å². The third-order valence-electron chi connectivity index (χ3n) is 4.54. The van der Waals surface area contributed by atoms with Crippen LogP contribution in [0.2, 0.25) is 0 Å². The zero-order valence-electron chi connectivity index (χ0n) is 14.3. The van der Waals surface area contributed by atoms with Crippen molar-refractivity contribution in [2.24, 2.45) is 0 Å². The lowest BCUT2D eigenvalue weighted by atomic mass is 9.81. The molecule has 1 aliphatic rings. The van der Waals surface area contributed by atoms with Crippen LogP contribution in [0.25, 0.3) is 10.8 Å².